The lowest BCUT2D eigenvalue weighted by Gasteiger charge is -2.37. The third-order valence-electron chi connectivity index (χ3n) is 3.70. The number of hydrogen-bond donors (Lipinski definition) is 1. The summed E-state index contributed by atoms with van der Waals surface area (Å²) in [6.07, 6.45) is 0.950. The van der Waals surface area contributed by atoms with Crippen LogP contribution >= 0.6 is 34.8 Å². The van der Waals surface area contributed by atoms with Gasteiger partial charge in [0.1, 0.15) is 22.7 Å². The third kappa shape index (κ3) is 3.66. The number of pyridine rings is 1. The fourth-order valence-electron chi connectivity index (χ4n) is 2.40. The van der Waals surface area contributed by atoms with Gasteiger partial charge >= 0.3 is 0 Å². The molecule has 0 amide bonds. The molecular formula is C16H15Cl3N2O2. The zero-order valence-corrected chi connectivity index (χ0v) is 14.6. The van der Waals surface area contributed by atoms with E-state index in [4.69, 9.17) is 39.5 Å². The molecule has 0 unspecified atom stereocenters. The van der Waals surface area contributed by atoms with Gasteiger partial charge in [0.05, 0.1) is 12.3 Å². The topological polar surface area (TPSA) is 45.6 Å². The minimum atomic E-state index is -0.302. The van der Waals surface area contributed by atoms with Crippen LogP contribution in [-0.4, -0.2) is 29.3 Å². The summed E-state index contributed by atoms with van der Waals surface area (Å²) in [6.45, 7) is 3.01. The molecule has 1 fully saturated rings. The first kappa shape index (κ1) is 16.7. The molecule has 3 rings (SSSR count). The number of aliphatic hydroxyl groups is 1. The second kappa shape index (κ2) is 6.73. The third-order valence-corrected chi connectivity index (χ3v) is 4.54. The lowest BCUT2D eigenvalue weighted by Crippen LogP contribution is -2.51. The van der Waals surface area contributed by atoms with Crippen molar-refractivity contribution in [1.82, 2.24) is 4.98 Å². The predicted octanol–water partition coefficient (Wildman–Crippen LogP) is 4.36. The molecule has 1 atom stereocenters. The van der Waals surface area contributed by atoms with Crippen LogP contribution in [0, 0.1) is 0 Å². The average molecular weight is 374 g/mol. The van der Waals surface area contributed by atoms with E-state index in [1.165, 1.54) is 0 Å². The number of β-amino-alcohol motifs (C(OH)–C–C–N with tert-alkyl or cyclic N) is 1. The Morgan fingerprint density at radius 1 is 1.22 bits per heavy atom. The fraction of sp³-hybridized carbons (Fsp3) is 0.312. The van der Waals surface area contributed by atoms with Gasteiger partial charge in [-0.1, -0.05) is 40.9 Å². The summed E-state index contributed by atoms with van der Waals surface area (Å²) >= 11 is 18.3. The van der Waals surface area contributed by atoms with Gasteiger partial charge in [0, 0.05) is 34.8 Å². The van der Waals surface area contributed by atoms with E-state index in [1.807, 2.05) is 17.9 Å². The van der Waals surface area contributed by atoms with Crippen LogP contribution < -0.4 is 9.64 Å². The van der Waals surface area contributed by atoms with E-state index in [9.17, 15) is 5.11 Å². The Labute approximate surface area is 149 Å². The highest BCUT2D eigenvalue weighted by atomic mass is 35.5. The monoisotopic (exact) mass is 372 g/mol. The standard InChI is InChI=1S/C16H15Cl3N2O2/c1-9(12-3-2-10(17)4-13(12)18)23-15-5-16(20-6-14(15)19)21-7-11(22)8-21/h2-6,9,11,22H,7-8H2,1H3/t9-/m1/s1. The molecule has 0 aliphatic carbocycles. The molecule has 1 N–H and O–H groups in total. The number of hydrogen-bond acceptors (Lipinski definition) is 4. The molecule has 122 valence electrons. The first-order valence-corrected chi connectivity index (χ1v) is 8.27. The number of benzene rings is 1. The zero-order chi connectivity index (χ0) is 16.6. The number of nitrogens with zero attached hydrogens (tertiary/aromatic N) is 2. The van der Waals surface area contributed by atoms with Crippen LogP contribution in [0.15, 0.2) is 30.5 Å². The molecule has 2 aromatic rings. The first-order valence-electron chi connectivity index (χ1n) is 7.14. The molecule has 0 bridgehead atoms. The van der Waals surface area contributed by atoms with Crippen molar-refractivity contribution in [2.24, 2.45) is 0 Å². The highest BCUT2D eigenvalue weighted by Gasteiger charge is 2.26. The molecule has 1 aliphatic heterocycles. The lowest BCUT2D eigenvalue weighted by atomic mass is 10.1. The maximum Gasteiger partial charge on any atom is 0.144 e. The Hall–Kier alpha value is -1.20. The summed E-state index contributed by atoms with van der Waals surface area (Å²) in [5.41, 5.74) is 0.824. The van der Waals surface area contributed by atoms with Crippen molar-refractivity contribution in [3.63, 3.8) is 0 Å². The average Bonchev–Trinajstić information content (AvgIpc) is 2.46. The van der Waals surface area contributed by atoms with E-state index < -0.39 is 0 Å². The number of anilines is 1. The van der Waals surface area contributed by atoms with Gasteiger partial charge < -0.3 is 14.7 Å². The molecule has 2 heterocycles. The zero-order valence-electron chi connectivity index (χ0n) is 12.3. The van der Waals surface area contributed by atoms with Gasteiger partial charge in [0.25, 0.3) is 0 Å². The van der Waals surface area contributed by atoms with Crippen LogP contribution in [0.25, 0.3) is 0 Å². The molecule has 7 heteroatoms. The summed E-state index contributed by atoms with van der Waals surface area (Å²) in [4.78, 5) is 6.22. The molecular weight excluding hydrogens is 359 g/mol. The first-order chi connectivity index (χ1) is 10.9. The smallest absolute Gasteiger partial charge is 0.144 e. The van der Waals surface area contributed by atoms with Gasteiger partial charge in [-0.3, -0.25) is 0 Å². The largest absolute Gasteiger partial charge is 0.484 e. The molecule has 23 heavy (non-hydrogen) atoms. The summed E-state index contributed by atoms with van der Waals surface area (Å²) in [5, 5.41) is 10.9. The second-order valence-corrected chi connectivity index (χ2v) is 6.71. The molecule has 1 aliphatic rings. The van der Waals surface area contributed by atoms with Crippen molar-refractivity contribution in [2.75, 3.05) is 18.0 Å². The Bertz CT molecular complexity index is 720. The second-order valence-electron chi connectivity index (χ2n) is 5.46. The van der Waals surface area contributed by atoms with Crippen molar-refractivity contribution in [3.05, 3.63) is 51.1 Å². The van der Waals surface area contributed by atoms with Gasteiger partial charge in [0.2, 0.25) is 0 Å². The maximum atomic E-state index is 9.40. The van der Waals surface area contributed by atoms with Crippen LogP contribution in [0.3, 0.4) is 0 Å². The number of ether oxygens (including phenoxy) is 1. The van der Waals surface area contributed by atoms with Crippen molar-refractivity contribution in [2.45, 2.75) is 19.1 Å². The lowest BCUT2D eigenvalue weighted by molar-refractivity contribution is 0.141. The van der Waals surface area contributed by atoms with Gasteiger partial charge in [-0.15, -0.1) is 0 Å². The molecule has 1 aromatic heterocycles. The van der Waals surface area contributed by atoms with E-state index >= 15 is 0 Å². The van der Waals surface area contributed by atoms with Gasteiger partial charge in [0.15, 0.2) is 0 Å². The van der Waals surface area contributed by atoms with E-state index in [0.29, 0.717) is 33.9 Å². The van der Waals surface area contributed by atoms with Gasteiger partial charge in [-0.2, -0.15) is 0 Å². The number of rotatable bonds is 4. The highest BCUT2D eigenvalue weighted by Crippen LogP contribution is 2.34. The van der Waals surface area contributed by atoms with Crippen LogP contribution in [0.4, 0.5) is 5.82 Å². The fourth-order valence-corrected chi connectivity index (χ4v) is 3.11. The molecule has 0 spiro atoms. The molecule has 1 saturated heterocycles. The highest BCUT2D eigenvalue weighted by molar-refractivity contribution is 6.35. The molecule has 1 aromatic carbocycles. The van der Waals surface area contributed by atoms with Crippen LogP contribution in [0.2, 0.25) is 15.1 Å². The van der Waals surface area contributed by atoms with E-state index in [2.05, 4.69) is 4.98 Å². The summed E-state index contributed by atoms with van der Waals surface area (Å²) < 4.78 is 5.95. The quantitative estimate of drug-likeness (QED) is 0.865. The minimum Gasteiger partial charge on any atom is -0.484 e. The SMILES string of the molecule is C[C@@H](Oc1cc(N2CC(O)C2)ncc1Cl)c1ccc(Cl)cc1Cl. The Balaban J connectivity index is 1.80. The van der Waals surface area contributed by atoms with Crippen molar-refractivity contribution < 1.29 is 9.84 Å². The Morgan fingerprint density at radius 2 is 1.96 bits per heavy atom. The van der Waals surface area contributed by atoms with E-state index in [1.54, 1.807) is 24.4 Å². The maximum absolute atomic E-state index is 9.40. The molecule has 0 saturated carbocycles. The Kier molecular flexibility index (Phi) is 4.87. The summed E-state index contributed by atoms with van der Waals surface area (Å²) in [5.74, 6) is 1.25. The number of halogens is 3. The summed E-state index contributed by atoms with van der Waals surface area (Å²) in [6, 6.07) is 7.05. The van der Waals surface area contributed by atoms with E-state index in [-0.39, 0.29) is 12.2 Å². The van der Waals surface area contributed by atoms with Crippen molar-refractivity contribution in [3.8, 4) is 5.75 Å². The van der Waals surface area contributed by atoms with Gasteiger partial charge in [-0.25, -0.2) is 4.98 Å². The van der Waals surface area contributed by atoms with Crippen LogP contribution in [-0.2, 0) is 0 Å². The van der Waals surface area contributed by atoms with Crippen LogP contribution in [0.5, 0.6) is 5.75 Å². The van der Waals surface area contributed by atoms with Crippen molar-refractivity contribution >= 4 is 40.6 Å². The number of aromatic nitrogens is 1. The molecule has 0 radical (unpaired) electrons. The molecule has 4 nitrogen and oxygen atoms in total. The summed E-state index contributed by atoms with van der Waals surface area (Å²) in [7, 11) is 0. The predicted molar refractivity (Wildman–Crippen MR) is 93.0 cm³/mol. The van der Waals surface area contributed by atoms with Crippen molar-refractivity contribution in [1.29, 1.82) is 0 Å². The Morgan fingerprint density at radius 3 is 2.61 bits per heavy atom. The normalized spacial score (nSPS) is 16.1. The minimum absolute atomic E-state index is 0.297. The van der Waals surface area contributed by atoms with Gasteiger partial charge in [-0.05, 0) is 19.1 Å². The van der Waals surface area contributed by atoms with E-state index in [0.717, 1.165) is 11.4 Å². The van der Waals surface area contributed by atoms with Crippen LogP contribution in [0.1, 0.15) is 18.6 Å². The number of aliphatic hydroxyl groups excluding tert-OH is 1.